The number of ether oxygens (including phenoxy) is 2. The summed E-state index contributed by atoms with van der Waals surface area (Å²) >= 11 is 0. The van der Waals surface area contributed by atoms with Crippen LogP contribution in [0.1, 0.15) is 6.42 Å². The Kier molecular flexibility index (Phi) is 8.53. The molecule has 0 saturated carbocycles. The molecule has 5 rings (SSSR count). The van der Waals surface area contributed by atoms with Crippen molar-refractivity contribution in [2.75, 3.05) is 52.5 Å². The van der Waals surface area contributed by atoms with Crippen LogP contribution in [-0.2, 0) is 0 Å². The van der Waals surface area contributed by atoms with Crippen LogP contribution >= 0.6 is 0 Å². The molecular formula is C31H36N2O4. The zero-order valence-electron chi connectivity index (χ0n) is 21.2. The maximum absolute atomic E-state index is 10.6. The molecule has 4 aromatic carbocycles. The monoisotopic (exact) mass is 500 g/mol. The molecule has 0 aliphatic carbocycles. The van der Waals surface area contributed by atoms with E-state index in [9.17, 15) is 10.2 Å². The lowest BCUT2D eigenvalue weighted by Crippen LogP contribution is -2.40. The van der Waals surface area contributed by atoms with Crippen molar-refractivity contribution in [1.29, 1.82) is 0 Å². The van der Waals surface area contributed by atoms with Crippen LogP contribution in [0.4, 0.5) is 0 Å². The van der Waals surface area contributed by atoms with Crippen molar-refractivity contribution in [3.8, 4) is 11.5 Å². The van der Waals surface area contributed by atoms with Crippen LogP contribution in [0.5, 0.6) is 11.5 Å². The van der Waals surface area contributed by atoms with Crippen molar-refractivity contribution in [2.24, 2.45) is 0 Å². The summed E-state index contributed by atoms with van der Waals surface area (Å²) in [5.74, 6) is 1.55. The Labute approximate surface area is 218 Å². The van der Waals surface area contributed by atoms with Crippen LogP contribution in [-0.4, -0.2) is 84.7 Å². The fraction of sp³-hybridized carbons (Fsp3) is 0.355. The lowest BCUT2D eigenvalue weighted by atomic mass is 10.1. The van der Waals surface area contributed by atoms with Gasteiger partial charge >= 0.3 is 0 Å². The molecule has 0 radical (unpaired) electrons. The molecule has 1 saturated heterocycles. The fourth-order valence-electron chi connectivity index (χ4n) is 4.99. The van der Waals surface area contributed by atoms with Gasteiger partial charge in [0.15, 0.2) is 0 Å². The molecule has 6 nitrogen and oxygen atoms in total. The van der Waals surface area contributed by atoms with Gasteiger partial charge in [-0.25, -0.2) is 0 Å². The molecule has 2 N–H and O–H groups in total. The lowest BCUT2D eigenvalue weighted by molar-refractivity contribution is 0.0618. The van der Waals surface area contributed by atoms with E-state index in [1.54, 1.807) is 0 Å². The molecule has 4 aromatic rings. The van der Waals surface area contributed by atoms with E-state index in [-0.39, 0.29) is 13.2 Å². The van der Waals surface area contributed by atoms with Gasteiger partial charge in [0.05, 0.1) is 0 Å². The summed E-state index contributed by atoms with van der Waals surface area (Å²) in [6.45, 7) is 5.24. The predicted octanol–water partition coefficient (Wildman–Crippen LogP) is 4.18. The van der Waals surface area contributed by atoms with Crippen LogP contribution in [0, 0.1) is 0 Å². The molecule has 1 aliphatic rings. The summed E-state index contributed by atoms with van der Waals surface area (Å²) in [5, 5.41) is 25.8. The number of aliphatic hydroxyl groups is 2. The number of aliphatic hydroxyl groups excluding tert-OH is 2. The number of β-amino-alcohol motifs (C(OH)–C–C–N with tert-alkyl or cyclic N) is 2. The Morgan fingerprint density at radius 3 is 1.46 bits per heavy atom. The Bertz CT molecular complexity index is 1200. The molecule has 2 atom stereocenters. The van der Waals surface area contributed by atoms with Crippen LogP contribution in [0.15, 0.2) is 84.9 Å². The average Bonchev–Trinajstić information content (AvgIpc) is 3.15. The van der Waals surface area contributed by atoms with E-state index in [2.05, 4.69) is 34.1 Å². The normalized spacial score (nSPS) is 16.9. The van der Waals surface area contributed by atoms with E-state index in [0.717, 1.165) is 54.9 Å². The molecule has 0 bridgehead atoms. The minimum Gasteiger partial charge on any atom is -0.491 e. The fourth-order valence-corrected chi connectivity index (χ4v) is 4.99. The summed E-state index contributed by atoms with van der Waals surface area (Å²) in [4.78, 5) is 4.57. The second-order valence-corrected chi connectivity index (χ2v) is 9.90. The van der Waals surface area contributed by atoms with Gasteiger partial charge in [-0.1, -0.05) is 60.7 Å². The number of benzene rings is 4. The van der Waals surface area contributed by atoms with Gasteiger partial charge in [-0.05, 0) is 65.3 Å². The summed E-state index contributed by atoms with van der Waals surface area (Å²) in [7, 11) is 0. The first-order valence-electron chi connectivity index (χ1n) is 13.2. The zero-order chi connectivity index (χ0) is 25.5. The first-order chi connectivity index (χ1) is 18.1. The third-order valence-corrected chi connectivity index (χ3v) is 6.95. The van der Waals surface area contributed by atoms with Crippen molar-refractivity contribution in [1.82, 2.24) is 9.80 Å². The highest BCUT2D eigenvalue weighted by Gasteiger charge is 2.20. The molecule has 37 heavy (non-hydrogen) atoms. The second-order valence-electron chi connectivity index (χ2n) is 9.90. The molecule has 194 valence electrons. The van der Waals surface area contributed by atoms with E-state index in [4.69, 9.17) is 9.47 Å². The Balaban J connectivity index is 1.03. The largest absolute Gasteiger partial charge is 0.491 e. The number of hydrogen-bond donors (Lipinski definition) is 2. The third-order valence-electron chi connectivity index (χ3n) is 6.95. The van der Waals surface area contributed by atoms with Gasteiger partial charge in [0, 0.05) is 26.2 Å². The standard InChI is InChI=1S/C31H36N2O4/c34-28(22-36-30-12-10-24-6-1-3-8-26(24)18-30)20-32-14-5-15-33(17-16-32)21-29(35)23-37-31-13-11-25-7-2-4-9-27(25)19-31/h1-4,6-13,18-19,28-29,34-35H,5,14-17,20-23H2/t28-,29-/m1/s1. The van der Waals surface area contributed by atoms with Crippen LogP contribution in [0.2, 0.25) is 0 Å². The molecule has 0 amide bonds. The number of fused-ring (bicyclic) bond motifs is 2. The Morgan fingerprint density at radius 2 is 1.00 bits per heavy atom. The summed E-state index contributed by atoms with van der Waals surface area (Å²) in [5.41, 5.74) is 0. The van der Waals surface area contributed by atoms with Gasteiger partial charge in [-0.15, -0.1) is 0 Å². The molecule has 0 aromatic heterocycles. The Morgan fingerprint density at radius 1 is 0.568 bits per heavy atom. The molecule has 1 aliphatic heterocycles. The molecular weight excluding hydrogens is 464 g/mol. The quantitative estimate of drug-likeness (QED) is 0.341. The molecule has 1 fully saturated rings. The number of hydrogen-bond acceptors (Lipinski definition) is 6. The SMILES string of the molecule is O[C@@H](COc1ccc2ccccc2c1)CN1CCCN(C[C@@H](O)COc2ccc3ccccc3c2)CC1. The minimum absolute atomic E-state index is 0.267. The maximum atomic E-state index is 10.6. The Hall–Kier alpha value is -3.16. The summed E-state index contributed by atoms with van der Waals surface area (Å²) < 4.78 is 11.8. The minimum atomic E-state index is -0.557. The average molecular weight is 501 g/mol. The van der Waals surface area contributed by atoms with E-state index < -0.39 is 12.2 Å². The molecule has 0 spiro atoms. The van der Waals surface area contributed by atoms with Crippen molar-refractivity contribution in [2.45, 2.75) is 18.6 Å². The molecule has 0 unspecified atom stereocenters. The highest BCUT2D eigenvalue weighted by molar-refractivity contribution is 5.84. The molecule has 6 heteroatoms. The predicted molar refractivity (Wildman–Crippen MR) is 148 cm³/mol. The van der Waals surface area contributed by atoms with Gasteiger partial charge in [-0.3, -0.25) is 9.80 Å². The van der Waals surface area contributed by atoms with E-state index in [1.807, 2.05) is 60.7 Å². The summed E-state index contributed by atoms with van der Waals surface area (Å²) in [6.07, 6.45) is -0.116. The van der Waals surface area contributed by atoms with Gasteiger partial charge < -0.3 is 19.7 Å². The van der Waals surface area contributed by atoms with Crippen molar-refractivity contribution >= 4 is 21.5 Å². The van der Waals surface area contributed by atoms with Crippen LogP contribution < -0.4 is 9.47 Å². The third kappa shape index (κ3) is 7.21. The smallest absolute Gasteiger partial charge is 0.120 e. The van der Waals surface area contributed by atoms with Crippen LogP contribution in [0.25, 0.3) is 21.5 Å². The maximum Gasteiger partial charge on any atom is 0.120 e. The van der Waals surface area contributed by atoms with Crippen molar-refractivity contribution < 1.29 is 19.7 Å². The van der Waals surface area contributed by atoms with Crippen LogP contribution in [0.3, 0.4) is 0 Å². The van der Waals surface area contributed by atoms with E-state index in [1.165, 1.54) is 10.8 Å². The van der Waals surface area contributed by atoms with Gasteiger partial charge in [-0.2, -0.15) is 0 Å². The van der Waals surface area contributed by atoms with E-state index in [0.29, 0.717) is 13.1 Å². The highest BCUT2D eigenvalue weighted by Crippen LogP contribution is 2.22. The van der Waals surface area contributed by atoms with Gasteiger partial charge in [0.2, 0.25) is 0 Å². The number of rotatable bonds is 10. The lowest BCUT2D eigenvalue weighted by Gasteiger charge is -2.25. The second kappa shape index (κ2) is 12.4. The van der Waals surface area contributed by atoms with Gasteiger partial charge in [0.25, 0.3) is 0 Å². The molecule has 1 heterocycles. The highest BCUT2D eigenvalue weighted by atomic mass is 16.5. The first kappa shape index (κ1) is 25.5. The van der Waals surface area contributed by atoms with Crippen molar-refractivity contribution in [3.63, 3.8) is 0 Å². The first-order valence-corrected chi connectivity index (χ1v) is 13.2. The zero-order valence-corrected chi connectivity index (χ0v) is 21.2. The topological polar surface area (TPSA) is 65.4 Å². The number of nitrogens with zero attached hydrogens (tertiary/aromatic N) is 2. The summed E-state index contributed by atoms with van der Waals surface area (Å²) in [6, 6.07) is 28.4. The van der Waals surface area contributed by atoms with E-state index >= 15 is 0 Å². The van der Waals surface area contributed by atoms with Crippen molar-refractivity contribution in [3.05, 3.63) is 84.9 Å². The van der Waals surface area contributed by atoms with Gasteiger partial charge in [0.1, 0.15) is 36.9 Å².